The Balaban J connectivity index is 1.91. The first-order valence-corrected chi connectivity index (χ1v) is 10.7. The zero-order valence-electron chi connectivity index (χ0n) is 17.2. The van der Waals surface area contributed by atoms with E-state index in [9.17, 15) is 5.11 Å². The van der Waals surface area contributed by atoms with Gasteiger partial charge in [-0.1, -0.05) is 45.6 Å². The molecule has 1 aromatic heterocycles. The molecule has 1 aliphatic heterocycles. The lowest BCUT2D eigenvalue weighted by Crippen LogP contribution is -2.40. The molecular weight excluding hydrogens is 334 g/mol. The van der Waals surface area contributed by atoms with Gasteiger partial charge >= 0.3 is 0 Å². The van der Waals surface area contributed by atoms with Crippen LogP contribution in [0.3, 0.4) is 0 Å². The molecule has 0 saturated heterocycles. The van der Waals surface area contributed by atoms with Gasteiger partial charge in [-0.2, -0.15) is 5.10 Å². The number of anilines is 1. The van der Waals surface area contributed by atoms with E-state index in [-0.39, 0.29) is 12.5 Å². The van der Waals surface area contributed by atoms with Crippen molar-refractivity contribution in [3.8, 4) is 11.1 Å². The molecule has 0 saturated carbocycles. The van der Waals surface area contributed by atoms with Crippen LogP contribution < -0.4 is 4.90 Å². The predicted octanol–water partition coefficient (Wildman–Crippen LogP) is 5.12. The van der Waals surface area contributed by atoms with E-state index in [1.54, 1.807) is 0 Å². The summed E-state index contributed by atoms with van der Waals surface area (Å²) in [6.45, 7) is 5.85. The van der Waals surface area contributed by atoms with Gasteiger partial charge in [0.2, 0.25) is 0 Å². The summed E-state index contributed by atoms with van der Waals surface area (Å²) < 4.78 is 1.84. The van der Waals surface area contributed by atoms with Crippen molar-refractivity contribution in [3.05, 3.63) is 36.2 Å². The molecule has 27 heavy (non-hydrogen) atoms. The van der Waals surface area contributed by atoms with Crippen molar-refractivity contribution in [1.29, 1.82) is 0 Å². The molecule has 4 nitrogen and oxygen atoms in total. The summed E-state index contributed by atoms with van der Waals surface area (Å²) in [7, 11) is 1.95. The Kier molecular flexibility index (Phi) is 6.95. The highest BCUT2D eigenvalue weighted by atomic mass is 16.3. The van der Waals surface area contributed by atoms with E-state index < -0.39 is 0 Å². The number of unbranched alkanes of at least 4 members (excludes halogenated alkanes) is 2. The van der Waals surface area contributed by atoms with Gasteiger partial charge in [0.1, 0.15) is 0 Å². The Bertz CT molecular complexity index is 724. The molecule has 4 heteroatoms. The normalized spacial score (nSPS) is 17.8. The summed E-state index contributed by atoms with van der Waals surface area (Å²) in [5.41, 5.74) is 4.98. The van der Waals surface area contributed by atoms with E-state index >= 15 is 0 Å². The lowest BCUT2D eigenvalue weighted by atomic mass is 9.86. The van der Waals surface area contributed by atoms with Crippen LogP contribution in [0.4, 0.5) is 5.69 Å². The first-order valence-electron chi connectivity index (χ1n) is 10.7. The molecule has 0 bridgehead atoms. The van der Waals surface area contributed by atoms with E-state index in [0.29, 0.717) is 6.04 Å². The summed E-state index contributed by atoms with van der Waals surface area (Å²) in [6, 6.07) is 7.40. The van der Waals surface area contributed by atoms with Crippen LogP contribution in [0.2, 0.25) is 0 Å². The molecule has 3 rings (SSSR count). The van der Waals surface area contributed by atoms with Crippen LogP contribution in [-0.2, 0) is 7.05 Å². The number of rotatable bonds is 9. The third-order valence-electron chi connectivity index (χ3n) is 5.96. The molecule has 1 aromatic carbocycles. The fraction of sp³-hybridized carbons (Fsp3) is 0.609. The van der Waals surface area contributed by atoms with Crippen molar-refractivity contribution in [2.24, 2.45) is 7.05 Å². The second-order valence-electron chi connectivity index (χ2n) is 7.98. The van der Waals surface area contributed by atoms with Crippen LogP contribution in [0, 0.1) is 0 Å². The number of aromatic nitrogens is 2. The fourth-order valence-electron chi connectivity index (χ4n) is 4.45. The van der Waals surface area contributed by atoms with Crippen molar-refractivity contribution in [2.45, 2.75) is 70.8 Å². The molecule has 0 aliphatic carbocycles. The van der Waals surface area contributed by atoms with Crippen molar-refractivity contribution < 1.29 is 5.11 Å². The predicted molar refractivity (Wildman–Crippen MR) is 113 cm³/mol. The van der Waals surface area contributed by atoms with Crippen LogP contribution in [0.5, 0.6) is 0 Å². The summed E-state index contributed by atoms with van der Waals surface area (Å²) in [5.74, 6) is 0.241. The molecule has 1 N–H and O–H groups in total. The summed E-state index contributed by atoms with van der Waals surface area (Å²) >= 11 is 0. The van der Waals surface area contributed by atoms with Gasteiger partial charge in [0.05, 0.1) is 12.8 Å². The zero-order chi connectivity index (χ0) is 19.2. The second kappa shape index (κ2) is 9.41. The molecule has 0 fully saturated rings. The highest BCUT2D eigenvalue weighted by Gasteiger charge is 2.29. The van der Waals surface area contributed by atoms with E-state index in [4.69, 9.17) is 0 Å². The molecule has 1 aliphatic rings. The monoisotopic (exact) mass is 369 g/mol. The molecule has 0 radical (unpaired) electrons. The van der Waals surface area contributed by atoms with Crippen LogP contribution in [-0.4, -0.2) is 34.1 Å². The molecule has 0 spiro atoms. The smallest absolute Gasteiger partial charge is 0.0568 e. The number of fused-ring (bicyclic) bond motifs is 1. The quantitative estimate of drug-likeness (QED) is 0.624. The fourth-order valence-corrected chi connectivity index (χ4v) is 4.45. The Hall–Kier alpha value is -1.81. The number of hydrogen-bond acceptors (Lipinski definition) is 3. The first-order chi connectivity index (χ1) is 13.2. The summed E-state index contributed by atoms with van der Waals surface area (Å²) in [4.78, 5) is 2.63. The van der Waals surface area contributed by atoms with Crippen molar-refractivity contribution in [1.82, 2.24) is 9.78 Å². The third kappa shape index (κ3) is 4.55. The standard InChI is InChI=1S/C23H35N3O/c1-4-6-7-9-21(8-5-2)26-13-12-19(17-27)22-14-18(10-11-23(22)26)20-15-24-25(3)16-20/h10-11,14-16,19,21,27H,4-9,12-13,17H2,1-3H3/t19-,21?/m1/s1. The maximum Gasteiger partial charge on any atom is 0.0568 e. The van der Waals surface area contributed by atoms with Crippen LogP contribution in [0.25, 0.3) is 11.1 Å². The maximum atomic E-state index is 9.97. The minimum Gasteiger partial charge on any atom is -0.396 e. The molecule has 2 atom stereocenters. The first kappa shape index (κ1) is 19.9. The Morgan fingerprint density at radius 1 is 1.15 bits per heavy atom. The van der Waals surface area contributed by atoms with Gasteiger partial charge in [-0.3, -0.25) is 4.68 Å². The topological polar surface area (TPSA) is 41.3 Å². The van der Waals surface area contributed by atoms with Crippen LogP contribution >= 0.6 is 0 Å². The summed E-state index contributed by atoms with van der Waals surface area (Å²) in [6.07, 6.45) is 12.7. The van der Waals surface area contributed by atoms with Crippen molar-refractivity contribution in [3.63, 3.8) is 0 Å². The number of aliphatic hydroxyl groups excluding tert-OH is 1. The number of benzene rings is 1. The lowest BCUT2D eigenvalue weighted by Gasteiger charge is -2.41. The molecule has 1 unspecified atom stereocenters. The minimum atomic E-state index is 0.228. The van der Waals surface area contributed by atoms with Crippen LogP contribution in [0.15, 0.2) is 30.6 Å². The van der Waals surface area contributed by atoms with Gasteiger partial charge in [0.25, 0.3) is 0 Å². The third-order valence-corrected chi connectivity index (χ3v) is 5.96. The number of hydrogen-bond donors (Lipinski definition) is 1. The van der Waals surface area contributed by atoms with E-state index in [0.717, 1.165) is 18.5 Å². The van der Waals surface area contributed by atoms with Gasteiger partial charge in [-0.25, -0.2) is 0 Å². The summed E-state index contributed by atoms with van der Waals surface area (Å²) in [5, 5.41) is 14.3. The molecule has 2 aromatic rings. The molecular formula is C23H35N3O. The molecule has 148 valence electrons. The largest absolute Gasteiger partial charge is 0.396 e. The van der Waals surface area contributed by atoms with E-state index in [1.165, 1.54) is 55.3 Å². The highest BCUT2D eigenvalue weighted by Crippen LogP contribution is 2.40. The van der Waals surface area contributed by atoms with Gasteiger partial charge in [-0.15, -0.1) is 0 Å². The van der Waals surface area contributed by atoms with Crippen LogP contribution in [0.1, 0.15) is 70.3 Å². The average molecular weight is 370 g/mol. The zero-order valence-corrected chi connectivity index (χ0v) is 17.2. The minimum absolute atomic E-state index is 0.228. The van der Waals surface area contributed by atoms with Gasteiger partial charge < -0.3 is 10.0 Å². The van der Waals surface area contributed by atoms with Crippen molar-refractivity contribution in [2.75, 3.05) is 18.1 Å². The lowest BCUT2D eigenvalue weighted by molar-refractivity contribution is 0.255. The SMILES string of the molecule is CCCCCC(CCC)N1CC[C@H](CO)c2cc(-c3cnn(C)c3)ccc21. The number of aryl methyl sites for hydroxylation is 1. The molecule has 0 amide bonds. The second-order valence-corrected chi connectivity index (χ2v) is 7.98. The van der Waals surface area contributed by atoms with Crippen molar-refractivity contribution >= 4 is 5.69 Å². The number of aliphatic hydroxyl groups is 1. The Labute approximate surface area is 164 Å². The average Bonchev–Trinajstić information content (AvgIpc) is 3.12. The maximum absolute atomic E-state index is 9.97. The van der Waals surface area contributed by atoms with E-state index in [2.05, 4.69) is 48.2 Å². The van der Waals surface area contributed by atoms with Gasteiger partial charge in [0, 0.05) is 43.0 Å². The van der Waals surface area contributed by atoms with Gasteiger partial charge in [0.15, 0.2) is 0 Å². The Morgan fingerprint density at radius 3 is 2.67 bits per heavy atom. The number of nitrogens with zero attached hydrogens (tertiary/aromatic N) is 3. The van der Waals surface area contributed by atoms with Gasteiger partial charge in [-0.05, 0) is 42.5 Å². The Morgan fingerprint density at radius 2 is 2.00 bits per heavy atom. The highest BCUT2D eigenvalue weighted by molar-refractivity contribution is 5.70. The van der Waals surface area contributed by atoms with E-state index in [1.807, 2.05) is 17.9 Å². The molecule has 2 heterocycles.